The molecule has 3 aliphatic heterocycles. The van der Waals surface area contributed by atoms with Gasteiger partial charge >= 0.3 is 18.1 Å². The van der Waals surface area contributed by atoms with E-state index in [4.69, 9.17) is 24.4 Å². The lowest BCUT2D eigenvalue weighted by Gasteiger charge is -2.39. The quantitative estimate of drug-likeness (QED) is 0.413. The first kappa shape index (κ1) is 29.3. The number of fused-ring (bicyclic) bond motifs is 3. The molecule has 0 bridgehead atoms. The average molecular weight is 560 g/mol. The van der Waals surface area contributed by atoms with Crippen LogP contribution in [0.5, 0.6) is 5.75 Å². The maximum absolute atomic E-state index is 13.2. The van der Waals surface area contributed by atoms with E-state index in [0.717, 1.165) is 11.3 Å². The van der Waals surface area contributed by atoms with Crippen molar-refractivity contribution in [2.24, 2.45) is 16.8 Å². The molecule has 4 atom stereocenters. The van der Waals surface area contributed by atoms with Crippen molar-refractivity contribution in [2.75, 3.05) is 27.3 Å². The molecule has 1 aromatic carbocycles. The van der Waals surface area contributed by atoms with Crippen molar-refractivity contribution in [1.82, 2.24) is 9.80 Å². The van der Waals surface area contributed by atoms with Crippen molar-refractivity contribution >= 4 is 40.7 Å². The standard InChI is InChI=1S/C22H27N3O5S.C2HF3O2/c1-5-22(20(28)30-4)17-16(18(26)24(6-2)19(17)27)15-11-23-21(25(15)22)31-12-13-7-9-14(29-3)10-8-13;3-2(4,5)1(6)7/h7-10,15-17H,5-6,11-12H2,1-4H3;(H,6,7)/t15-,16+,17-,22-;/m1./s1. The van der Waals surface area contributed by atoms with Crippen LogP contribution in [0.4, 0.5) is 13.2 Å². The van der Waals surface area contributed by atoms with Gasteiger partial charge in [0.05, 0.1) is 38.6 Å². The number of imide groups is 1. The molecule has 0 aromatic heterocycles. The number of rotatable bonds is 6. The van der Waals surface area contributed by atoms with Crippen LogP contribution in [-0.4, -0.2) is 88.9 Å². The lowest BCUT2D eigenvalue weighted by atomic mass is 9.78. The molecule has 2 amide bonds. The van der Waals surface area contributed by atoms with Crippen LogP contribution in [0.1, 0.15) is 25.8 Å². The van der Waals surface area contributed by atoms with E-state index >= 15 is 0 Å². The summed E-state index contributed by atoms with van der Waals surface area (Å²) in [7, 11) is 2.96. The number of aliphatic imine (C=N–C) groups is 1. The van der Waals surface area contributed by atoms with Gasteiger partial charge in [-0.05, 0) is 31.0 Å². The van der Waals surface area contributed by atoms with Crippen LogP contribution in [0.25, 0.3) is 0 Å². The zero-order valence-electron chi connectivity index (χ0n) is 21.2. The molecule has 0 saturated carbocycles. The Morgan fingerprint density at radius 3 is 2.24 bits per heavy atom. The number of nitrogens with zero attached hydrogens (tertiary/aromatic N) is 3. The van der Waals surface area contributed by atoms with E-state index in [1.807, 2.05) is 36.1 Å². The number of esters is 1. The number of likely N-dealkylation sites (tertiary alicyclic amines) is 1. The van der Waals surface area contributed by atoms with Crippen molar-refractivity contribution in [1.29, 1.82) is 0 Å². The average Bonchev–Trinajstić information content (AvgIpc) is 3.51. The third-order valence-corrected chi connectivity index (χ3v) is 7.98. The second-order valence-electron chi connectivity index (χ2n) is 8.69. The fourth-order valence-corrected chi connectivity index (χ4v) is 6.33. The molecule has 0 aliphatic carbocycles. The predicted octanol–water partition coefficient (Wildman–Crippen LogP) is 2.56. The molecule has 1 aromatic rings. The highest BCUT2D eigenvalue weighted by Gasteiger charge is 2.73. The van der Waals surface area contributed by atoms with Crippen molar-refractivity contribution in [2.45, 2.75) is 43.8 Å². The Balaban J connectivity index is 0.000000505. The minimum absolute atomic E-state index is 0.205. The number of amides is 2. The number of carboxylic acids is 1. The number of carboxylic acid groups (broad SMARTS) is 1. The number of aliphatic carboxylic acids is 1. The van der Waals surface area contributed by atoms with Gasteiger partial charge in [-0.15, -0.1) is 0 Å². The predicted molar refractivity (Wildman–Crippen MR) is 130 cm³/mol. The molecular weight excluding hydrogens is 531 g/mol. The molecule has 14 heteroatoms. The van der Waals surface area contributed by atoms with E-state index in [1.54, 1.807) is 14.0 Å². The van der Waals surface area contributed by atoms with Crippen molar-refractivity contribution in [3.63, 3.8) is 0 Å². The van der Waals surface area contributed by atoms with Crippen LogP contribution < -0.4 is 4.74 Å². The number of amidine groups is 1. The number of carbonyl (C=O) groups excluding carboxylic acids is 3. The number of carbonyl (C=O) groups is 4. The van der Waals surface area contributed by atoms with Gasteiger partial charge < -0.3 is 19.5 Å². The summed E-state index contributed by atoms with van der Waals surface area (Å²) >= 11 is 1.51. The molecule has 0 unspecified atom stereocenters. The molecule has 4 rings (SSSR count). The second-order valence-corrected chi connectivity index (χ2v) is 9.64. The van der Waals surface area contributed by atoms with Crippen LogP contribution in [0.3, 0.4) is 0 Å². The third-order valence-electron chi connectivity index (χ3n) is 6.92. The fraction of sp³-hybridized carbons (Fsp3) is 0.542. The lowest BCUT2D eigenvalue weighted by Crippen LogP contribution is -2.59. The van der Waals surface area contributed by atoms with Gasteiger partial charge in [0.2, 0.25) is 11.8 Å². The number of halogens is 3. The van der Waals surface area contributed by atoms with Gasteiger partial charge in [0.15, 0.2) is 10.7 Å². The summed E-state index contributed by atoms with van der Waals surface area (Å²) in [6.45, 7) is 4.34. The number of alkyl halides is 3. The van der Waals surface area contributed by atoms with Gasteiger partial charge in [-0.25, -0.2) is 9.59 Å². The first-order valence-corrected chi connectivity index (χ1v) is 12.7. The Morgan fingerprint density at radius 1 is 1.16 bits per heavy atom. The number of hydrogen-bond donors (Lipinski definition) is 1. The Kier molecular flexibility index (Phi) is 8.64. The lowest BCUT2D eigenvalue weighted by molar-refractivity contribution is -0.192. The molecular formula is C24H28F3N3O7S. The minimum Gasteiger partial charge on any atom is -0.497 e. The summed E-state index contributed by atoms with van der Waals surface area (Å²) in [4.78, 5) is 56.3. The summed E-state index contributed by atoms with van der Waals surface area (Å²) in [5.74, 6) is -3.61. The molecule has 1 N–H and O–H groups in total. The number of benzene rings is 1. The topological polar surface area (TPSA) is 126 Å². The van der Waals surface area contributed by atoms with E-state index in [1.165, 1.54) is 23.8 Å². The molecule has 0 radical (unpaired) electrons. The Labute approximate surface area is 221 Å². The molecule has 38 heavy (non-hydrogen) atoms. The van der Waals surface area contributed by atoms with Crippen molar-refractivity contribution < 1.29 is 46.9 Å². The molecule has 2 fully saturated rings. The van der Waals surface area contributed by atoms with E-state index in [9.17, 15) is 27.6 Å². The first-order chi connectivity index (χ1) is 17.9. The monoisotopic (exact) mass is 559 g/mol. The summed E-state index contributed by atoms with van der Waals surface area (Å²) in [5, 5.41) is 7.81. The molecule has 10 nitrogen and oxygen atoms in total. The number of thioether (sulfide) groups is 1. The zero-order chi connectivity index (χ0) is 28.4. The molecule has 0 spiro atoms. The van der Waals surface area contributed by atoms with Crippen LogP contribution in [0.15, 0.2) is 29.3 Å². The summed E-state index contributed by atoms with van der Waals surface area (Å²) < 4.78 is 42.1. The first-order valence-electron chi connectivity index (χ1n) is 11.7. The number of hydrogen-bond acceptors (Lipinski definition) is 9. The third kappa shape index (κ3) is 4.93. The van der Waals surface area contributed by atoms with E-state index < -0.39 is 35.5 Å². The fourth-order valence-electron chi connectivity index (χ4n) is 5.24. The Morgan fingerprint density at radius 2 is 1.76 bits per heavy atom. The minimum atomic E-state index is -5.08. The van der Waals surface area contributed by atoms with E-state index in [2.05, 4.69) is 0 Å². The van der Waals surface area contributed by atoms with Crippen LogP contribution in [-0.2, 0) is 29.7 Å². The molecule has 208 valence electrons. The van der Waals surface area contributed by atoms with Gasteiger partial charge in [-0.2, -0.15) is 13.2 Å². The Hall–Kier alpha value is -3.29. The van der Waals surface area contributed by atoms with Crippen molar-refractivity contribution in [3.05, 3.63) is 29.8 Å². The Bertz CT molecular complexity index is 1130. The second kappa shape index (κ2) is 11.2. The van der Waals surface area contributed by atoms with Gasteiger partial charge in [0.1, 0.15) is 5.75 Å². The summed E-state index contributed by atoms with van der Waals surface area (Å²) in [6.07, 6.45) is -4.73. The largest absolute Gasteiger partial charge is 0.497 e. The van der Waals surface area contributed by atoms with E-state index in [-0.39, 0.29) is 17.9 Å². The smallest absolute Gasteiger partial charge is 0.490 e. The maximum Gasteiger partial charge on any atom is 0.490 e. The van der Waals surface area contributed by atoms with Gasteiger partial charge in [0.25, 0.3) is 0 Å². The number of ether oxygens (including phenoxy) is 2. The van der Waals surface area contributed by atoms with Crippen LogP contribution in [0.2, 0.25) is 0 Å². The SMILES string of the molecule is CCN1C(=O)[C@H]2[C@H]3CN=C(SCc4ccc(OC)cc4)N3[C@@](CC)(C(=O)OC)[C@H]2C1=O.O=C(O)C(F)(F)F. The van der Waals surface area contributed by atoms with Crippen molar-refractivity contribution in [3.8, 4) is 5.75 Å². The zero-order valence-corrected chi connectivity index (χ0v) is 22.0. The van der Waals surface area contributed by atoms with Gasteiger partial charge in [0, 0.05) is 12.3 Å². The van der Waals surface area contributed by atoms with E-state index in [0.29, 0.717) is 30.4 Å². The maximum atomic E-state index is 13.2. The normalized spacial score (nSPS) is 25.9. The van der Waals surface area contributed by atoms with Gasteiger partial charge in [-0.1, -0.05) is 30.8 Å². The summed E-state index contributed by atoms with van der Waals surface area (Å²) in [5.41, 5.74) is -0.135. The van der Waals surface area contributed by atoms with Gasteiger partial charge in [-0.3, -0.25) is 19.5 Å². The molecule has 3 aliphatic rings. The van der Waals surface area contributed by atoms with Crippen LogP contribution in [0, 0.1) is 11.8 Å². The highest BCUT2D eigenvalue weighted by molar-refractivity contribution is 8.13. The highest BCUT2D eigenvalue weighted by Crippen LogP contribution is 2.53. The highest BCUT2D eigenvalue weighted by atomic mass is 32.2. The summed E-state index contributed by atoms with van der Waals surface area (Å²) in [6, 6.07) is 7.46. The van der Waals surface area contributed by atoms with Crippen LogP contribution >= 0.6 is 11.8 Å². The molecule has 2 saturated heterocycles. The molecule has 3 heterocycles. The number of methoxy groups -OCH3 is 2.